The molecule has 4 N–H and O–H groups in total. The normalized spacial score (nSPS) is 12.6. The molecule has 2 amide bonds. The molecule has 10 nitrogen and oxygen atoms in total. The van der Waals surface area contributed by atoms with Gasteiger partial charge in [0.1, 0.15) is 29.6 Å². The Kier molecular flexibility index (Phi) is 10.6. The van der Waals surface area contributed by atoms with Gasteiger partial charge in [0.15, 0.2) is 5.82 Å². The first-order valence-corrected chi connectivity index (χ1v) is 13.9. The van der Waals surface area contributed by atoms with E-state index in [9.17, 15) is 9.59 Å². The smallest absolute Gasteiger partial charge is 0.408 e. The number of hydrogen-bond acceptors (Lipinski definition) is 8. The first-order chi connectivity index (χ1) is 18.1. The topological polar surface area (TPSA) is 133 Å². The van der Waals surface area contributed by atoms with Crippen molar-refractivity contribution in [3.8, 4) is 0 Å². The number of para-hydroxylation sites is 1. The second kappa shape index (κ2) is 13.7. The van der Waals surface area contributed by atoms with Crippen molar-refractivity contribution >= 4 is 51.5 Å². The van der Waals surface area contributed by atoms with E-state index in [-0.39, 0.29) is 5.91 Å². The number of nitrogens with one attached hydrogen (secondary N) is 2. The maximum atomic E-state index is 13.0. The summed E-state index contributed by atoms with van der Waals surface area (Å²) in [6, 6.07) is 7.08. The first-order valence-electron chi connectivity index (χ1n) is 12.7. The summed E-state index contributed by atoms with van der Waals surface area (Å²) in [7, 11) is 0. The number of amides is 2. The second-order valence-corrected chi connectivity index (χ2v) is 10.8. The Morgan fingerprint density at radius 1 is 1.26 bits per heavy atom. The number of pyridine rings is 1. The van der Waals surface area contributed by atoms with Crippen molar-refractivity contribution in [1.29, 1.82) is 0 Å². The Morgan fingerprint density at radius 3 is 2.74 bits per heavy atom. The number of nitrogen functional groups attached to an aromatic ring is 1. The van der Waals surface area contributed by atoms with Gasteiger partial charge in [0.2, 0.25) is 5.91 Å². The van der Waals surface area contributed by atoms with Gasteiger partial charge in [-0.1, -0.05) is 18.2 Å². The number of nitrogens with zero attached hydrogens (tertiary/aromatic N) is 3. The monoisotopic (exact) mass is 542 g/mol. The predicted octanol–water partition coefficient (Wildman–Crippen LogP) is 3.87. The fourth-order valence-corrected chi connectivity index (χ4v) is 4.70. The number of alkyl carbamates (subject to hydrolysis) is 1. The van der Waals surface area contributed by atoms with Gasteiger partial charge < -0.3 is 30.4 Å². The number of nitrogens with two attached hydrogens (primary N) is 1. The average molecular weight is 543 g/mol. The van der Waals surface area contributed by atoms with Gasteiger partial charge in [-0.3, -0.25) is 4.79 Å². The van der Waals surface area contributed by atoms with E-state index in [0.29, 0.717) is 55.6 Å². The number of imidazole rings is 1. The maximum absolute atomic E-state index is 13.0. The minimum absolute atomic E-state index is 0.267. The molecule has 0 saturated heterocycles. The van der Waals surface area contributed by atoms with Crippen molar-refractivity contribution < 1.29 is 19.1 Å². The molecule has 206 valence electrons. The predicted molar refractivity (Wildman–Crippen MR) is 153 cm³/mol. The zero-order valence-electron chi connectivity index (χ0n) is 22.6. The van der Waals surface area contributed by atoms with E-state index in [4.69, 9.17) is 20.2 Å². The molecule has 0 aliphatic rings. The summed E-state index contributed by atoms with van der Waals surface area (Å²) in [6.45, 7) is 12.9. The molecule has 0 saturated carbocycles. The van der Waals surface area contributed by atoms with Crippen LogP contribution in [0.4, 0.5) is 10.6 Å². The minimum Gasteiger partial charge on any atom is -0.444 e. The highest BCUT2D eigenvalue weighted by atomic mass is 32.2. The van der Waals surface area contributed by atoms with Crippen molar-refractivity contribution in [1.82, 2.24) is 25.2 Å². The molecule has 0 aliphatic heterocycles. The van der Waals surface area contributed by atoms with Gasteiger partial charge in [-0.15, -0.1) is 0 Å². The van der Waals surface area contributed by atoms with Crippen LogP contribution < -0.4 is 16.4 Å². The van der Waals surface area contributed by atoms with Gasteiger partial charge >= 0.3 is 6.09 Å². The number of anilines is 1. The zero-order valence-corrected chi connectivity index (χ0v) is 23.4. The highest BCUT2D eigenvalue weighted by molar-refractivity contribution is 7.99. The number of ether oxygens (including phenoxy) is 2. The summed E-state index contributed by atoms with van der Waals surface area (Å²) < 4.78 is 13.1. The van der Waals surface area contributed by atoms with Gasteiger partial charge in [-0.2, -0.15) is 11.8 Å². The summed E-state index contributed by atoms with van der Waals surface area (Å²) in [4.78, 5) is 34.5. The molecule has 2 aromatic heterocycles. The van der Waals surface area contributed by atoms with E-state index in [2.05, 4.69) is 27.1 Å². The van der Waals surface area contributed by atoms with E-state index >= 15 is 0 Å². The average Bonchev–Trinajstić information content (AvgIpc) is 3.23. The molecule has 3 rings (SSSR count). The second-order valence-electron chi connectivity index (χ2n) is 9.70. The highest BCUT2D eigenvalue weighted by Gasteiger charge is 2.24. The van der Waals surface area contributed by atoms with Crippen LogP contribution in [0.2, 0.25) is 0 Å². The van der Waals surface area contributed by atoms with Crippen LogP contribution in [-0.4, -0.2) is 62.8 Å². The lowest BCUT2D eigenvalue weighted by atomic mass is 10.2. The Balaban J connectivity index is 1.72. The van der Waals surface area contributed by atoms with Gasteiger partial charge in [0, 0.05) is 30.8 Å². The lowest BCUT2D eigenvalue weighted by Gasteiger charge is -2.23. The first kappa shape index (κ1) is 29.5. The number of aromatic nitrogens is 3. The molecule has 2 radical (unpaired) electrons. The van der Waals surface area contributed by atoms with Crippen LogP contribution >= 0.6 is 11.8 Å². The van der Waals surface area contributed by atoms with Crippen LogP contribution in [-0.2, 0) is 27.4 Å². The fourth-order valence-electron chi connectivity index (χ4n) is 3.92. The van der Waals surface area contributed by atoms with Gasteiger partial charge in [0.05, 0.1) is 11.0 Å². The Labute approximate surface area is 228 Å². The maximum Gasteiger partial charge on any atom is 0.408 e. The Bertz CT molecular complexity index is 1240. The molecular weight excluding hydrogens is 504 g/mol. The SMILES string of the molecule is [CH2][CH]CSC[C@H](NC(=O)OC(C)(C)C)C(=O)NCCCn1c(COCC)nc2c(N)nc3ccccc3c21. The van der Waals surface area contributed by atoms with Crippen molar-refractivity contribution in [2.75, 3.05) is 30.4 Å². The molecule has 0 aliphatic carbocycles. The van der Waals surface area contributed by atoms with E-state index < -0.39 is 17.7 Å². The molecule has 0 bridgehead atoms. The fraction of sp³-hybridized carbons (Fsp3) is 0.481. The van der Waals surface area contributed by atoms with Crippen molar-refractivity contribution in [2.45, 2.75) is 58.9 Å². The van der Waals surface area contributed by atoms with Crippen LogP contribution in [0.5, 0.6) is 0 Å². The van der Waals surface area contributed by atoms with Crippen LogP contribution in [0.25, 0.3) is 21.9 Å². The van der Waals surface area contributed by atoms with Crippen molar-refractivity contribution in [3.63, 3.8) is 0 Å². The summed E-state index contributed by atoms with van der Waals surface area (Å²) in [5.74, 6) is 1.93. The molecule has 2 heterocycles. The van der Waals surface area contributed by atoms with Crippen LogP contribution in [0.1, 0.15) is 39.9 Å². The molecule has 38 heavy (non-hydrogen) atoms. The molecule has 0 fully saturated rings. The Hall–Kier alpha value is -3.05. The minimum atomic E-state index is -0.729. The van der Waals surface area contributed by atoms with E-state index in [1.165, 1.54) is 11.8 Å². The Morgan fingerprint density at radius 2 is 2.03 bits per heavy atom. The third-order valence-electron chi connectivity index (χ3n) is 5.51. The van der Waals surface area contributed by atoms with Gasteiger partial charge in [-0.05, 0) is 59.3 Å². The number of fused-ring (bicyclic) bond motifs is 3. The molecular formula is C27H38N6O4S. The molecule has 3 aromatic rings. The molecule has 0 unspecified atom stereocenters. The zero-order chi connectivity index (χ0) is 27.7. The summed E-state index contributed by atoms with van der Waals surface area (Å²) >= 11 is 1.51. The number of benzene rings is 1. The number of carbonyl (C=O) groups excluding carboxylic acids is 2. The van der Waals surface area contributed by atoms with Crippen LogP contribution in [0.15, 0.2) is 24.3 Å². The number of thioether (sulfide) groups is 1. The van der Waals surface area contributed by atoms with E-state index in [0.717, 1.165) is 22.2 Å². The van der Waals surface area contributed by atoms with E-state index in [1.807, 2.05) is 31.2 Å². The summed E-state index contributed by atoms with van der Waals surface area (Å²) in [5, 5.41) is 6.59. The standard InChI is InChI=1S/C27H38N6O4S/c1-6-15-38-17-20(31-26(35)37-27(3,4)5)25(34)29-13-10-14-33-21(16-36-7-2)32-22-23(33)18-11-8-9-12-19(18)30-24(22)28/h6,8-9,11-12,20H,1,7,10,13-17H2,2-5H3,(H2,28,30)(H,29,34)(H,31,35)/t20-/m0/s1. The quantitative estimate of drug-likeness (QED) is 0.277. The molecule has 1 aromatic carbocycles. The van der Waals surface area contributed by atoms with Crippen molar-refractivity contribution in [2.24, 2.45) is 0 Å². The lowest BCUT2D eigenvalue weighted by molar-refractivity contribution is -0.122. The third kappa shape index (κ3) is 7.97. The largest absolute Gasteiger partial charge is 0.444 e. The highest BCUT2D eigenvalue weighted by Crippen LogP contribution is 2.29. The summed E-state index contributed by atoms with van der Waals surface area (Å²) in [5.41, 5.74) is 7.93. The van der Waals surface area contributed by atoms with Crippen LogP contribution in [0.3, 0.4) is 0 Å². The number of carbonyl (C=O) groups is 2. The van der Waals surface area contributed by atoms with Gasteiger partial charge in [0.25, 0.3) is 0 Å². The van der Waals surface area contributed by atoms with Crippen molar-refractivity contribution in [3.05, 3.63) is 43.4 Å². The molecule has 0 spiro atoms. The van der Waals surface area contributed by atoms with E-state index in [1.54, 1.807) is 27.2 Å². The number of hydrogen-bond donors (Lipinski definition) is 3. The van der Waals surface area contributed by atoms with Gasteiger partial charge in [-0.25, -0.2) is 14.8 Å². The number of rotatable bonds is 13. The number of aryl methyl sites for hydroxylation is 1. The summed E-state index contributed by atoms with van der Waals surface area (Å²) in [6.07, 6.45) is 1.76. The molecule has 11 heteroatoms. The molecule has 1 atom stereocenters. The lowest BCUT2D eigenvalue weighted by Crippen LogP contribution is -2.49. The third-order valence-corrected chi connectivity index (χ3v) is 6.55. The van der Waals surface area contributed by atoms with Crippen LogP contribution in [0, 0.1) is 13.3 Å².